The molecular formula is C19H20F2Si. The first-order valence-corrected chi connectivity index (χ1v) is 10.5. The summed E-state index contributed by atoms with van der Waals surface area (Å²) in [4.78, 5) is 0. The van der Waals surface area contributed by atoms with Crippen molar-refractivity contribution in [2.75, 3.05) is 0 Å². The highest BCUT2D eigenvalue weighted by molar-refractivity contribution is 6.91. The third-order valence-electron chi connectivity index (χ3n) is 3.90. The van der Waals surface area contributed by atoms with Crippen molar-refractivity contribution in [2.24, 2.45) is 0 Å². The van der Waals surface area contributed by atoms with Gasteiger partial charge in [-0.15, -0.1) is 0 Å². The predicted octanol–water partition coefficient (Wildman–Crippen LogP) is 5.55. The molecule has 0 saturated heterocycles. The van der Waals surface area contributed by atoms with Crippen LogP contribution in [0.2, 0.25) is 19.1 Å². The zero-order chi connectivity index (χ0) is 16.2. The molecule has 114 valence electrons. The lowest BCUT2D eigenvalue weighted by molar-refractivity contribution is 0.425. The first kappa shape index (κ1) is 16.4. The van der Waals surface area contributed by atoms with Crippen molar-refractivity contribution in [1.82, 2.24) is 0 Å². The largest absolute Gasteiger partial charge is 0.273 e. The van der Waals surface area contributed by atoms with Gasteiger partial charge in [0.1, 0.15) is 0 Å². The van der Waals surface area contributed by atoms with Crippen LogP contribution in [0.4, 0.5) is 8.78 Å². The molecule has 3 heteroatoms. The van der Waals surface area contributed by atoms with Gasteiger partial charge in [-0.05, 0) is 17.2 Å². The third-order valence-corrected chi connectivity index (χ3v) is 7.03. The first-order chi connectivity index (χ1) is 10.4. The van der Waals surface area contributed by atoms with Crippen molar-refractivity contribution in [1.29, 1.82) is 0 Å². The van der Waals surface area contributed by atoms with Crippen LogP contribution in [0.25, 0.3) is 11.6 Å². The highest BCUT2D eigenvalue weighted by Crippen LogP contribution is 2.30. The minimum atomic E-state index is -1.97. The molecule has 22 heavy (non-hydrogen) atoms. The van der Waals surface area contributed by atoms with Crippen molar-refractivity contribution in [3.05, 3.63) is 78.4 Å². The summed E-state index contributed by atoms with van der Waals surface area (Å²) in [6, 6.07) is 17.5. The van der Waals surface area contributed by atoms with Crippen LogP contribution in [-0.4, -0.2) is 8.07 Å². The van der Waals surface area contributed by atoms with Gasteiger partial charge in [0.2, 0.25) is 0 Å². The van der Waals surface area contributed by atoms with Crippen molar-refractivity contribution >= 4 is 24.9 Å². The van der Waals surface area contributed by atoms with Gasteiger partial charge in [-0.1, -0.05) is 85.5 Å². The van der Waals surface area contributed by atoms with Gasteiger partial charge >= 0.3 is 0 Å². The molecule has 0 fully saturated rings. The molecule has 2 aromatic rings. The standard InChI is InChI=1S/C19H20F2Si/c1-4-15-10-12-16(13-11-15)18(19(20)21)14-22(2,3)17-8-6-5-7-9-17/h4-13H,1,14H2,2-3H3. The van der Waals surface area contributed by atoms with Crippen LogP contribution < -0.4 is 5.19 Å². The maximum Gasteiger partial charge on any atom is 0.273 e. The van der Waals surface area contributed by atoms with Gasteiger partial charge in [-0.3, -0.25) is 0 Å². The Hall–Kier alpha value is -2.00. The Morgan fingerprint density at radius 2 is 1.59 bits per heavy atom. The van der Waals surface area contributed by atoms with Crippen LogP contribution >= 0.6 is 0 Å². The molecule has 0 radical (unpaired) electrons. The summed E-state index contributed by atoms with van der Waals surface area (Å²) in [5.74, 6) is 0. The second-order valence-electron chi connectivity index (χ2n) is 5.99. The number of benzene rings is 2. The molecule has 0 aliphatic rings. The monoisotopic (exact) mass is 314 g/mol. The molecule has 2 rings (SSSR count). The van der Waals surface area contributed by atoms with Crippen LogP contribution in [0.1, 0.15) is 11.1 Å². The molecule has 0 spiro atoms. The fourth-order valence-corrected chi connectivity index (χ4v) is 5.05. The summed E-state index contributed by atoms with van der Waals surface area (Å²) < 4.78 is 27.0. The molecule has 0 nitrogen and oxygen atoms in total. The minimum Gasteiger partial charge on any atom is -0.173 e. The van der Waals surface area contributed by atoms with Gasteiger partial charge in [0.25, 0.3) is 6.08 Å². The van der Waals surface area contributed by atoms with E-state index in [0.717, 1.165) is 5.56 Å². The van der Waals surface area contributed by atoms with E-state index in [-0.39, 0.29) is 5.57 Å². The SMILES string of the molecule is C=Cc1ccc(C(C[Si](C)(C)c2ccccc2)=C(F)F)cc1. The third kappa shape index (κ3) is 3.80. The van der Waals surface area contributed by atoms with E-state index in [0.29, 0.717) is 11.6 Å². The maximum atomic E-state index is 13.5. The van der Waals surface area contributed by atoms with Crippen LogP contribution in [0.15, 0.2) is 67.3 Å². The molecule has 0 aliphatic heterocycles. The van der Waals surface area contributed by atoms with Crippen molar-refractivity contribution in [2.45, 2.75) is 19.1 Å². The molecule has 0 saturated carbocycles. The quantitative estimate of drug-likeness (QED) is 0.634. The van der Waals surface area contributed by atoms with Crippen molar-refractivity contribution in [3.8, 4) is 0 Å². The van der Waals surface area contributed by atoms with E-state index in [2.05, 4.69) is 19.7 Å². The molecule has 0 aromatic heterocycles. The molecule has 0 aliphatic carbocycles. The fraction of sp³-hybridized carbons (Fsp3) is 0.158. The zero-order valence-electron chi connectivity index (χ0n) is 12.9. The number of hydrogen-bond acceptors (Lipinski definition) is 0. The molecule has 0 amide bonds. The maximum absolute atomic E-state index is 13.5. The zero-order valence-corrected chi connectivity index (χ0v) is 13.9. The van der Waals surface area contributed by atoms with Crippen molar-refractivity contribution < 1.29 is 8.78 Å². The Morgan fingerprint density at radius 3 is 2.09 bits per heavy atom. The Balaban J connectivity index is 2.34. The number of rotatable bonds is 5. The van der Waals surface area contributed by atoms with Gasteiger partial charge in [-0.2, -0.15) is 8.78 Å². The highest BCUT2D eigenvalue weighted by Gasteiger charge is 2.27. The molecule has 0 atom stereocenters. The van der Waals surface area contributed by atoms with E-state index in [9.17, 15) is 8.78 Å². The molecule has 0 heterocycles. The number of halogens is 2. The van der Waals surface area contributed by atoms with Crippen LogP contribution in [-0.2, 0) is 0 Å². The number of hydrogen-bond donors (Lipinski definition) is 0. The van der Waals surface area contributed by atoms with E-state index in [1.54, 1.807) is 18.2 Å². The topological polar surface area (TPSA) is 0 Å². The lowest BCUT2D eigenvalue weighted by Crippen LogP contribution is -2.41. The molecular weight excluding hydrogens is 294 g/mol. The van der Waals surface area contributed by atoms with Gasteiger partial charge < -0.3 is 0 Å². The van der Waals surface area contributed by atoms with Gasteiger partial charge in [0, 0.05) is 5.57 Å². The van der Waals surface area contributed by atoms with E-state index in [4.69, 9.17) is 0 Å². The second kappa shape index (κ2) is 6.84. The van der Waals surface area contributed by atoms with Crippen LogP contribution in [0.5, 0.6) is 0 Å². The molecule has 0 bridgehead atoms. The molecule has 0 N–H and O–H groups in total. The average molecular weight is 314 g/mol. The minimum absolute atomic E-state index is 0.163. The van der Waals surface area contributed by atoms with Crippen LogP contribution in [0, 0.1) is 0 Å². The summed E-state index contributed by atoms with van der Waals surface area (Å²) in [5, 5.41) is 1.19. The summed E-state index contributed by atoms with van der Waals surface area (Å²) in [5.41, 5.74) is 1.69. The Bertz CT molecular complexity index is 666. The molecule has 0 unspecified atom stereocenters. The van der Waals surface area contributed by atoms with Crippen molar-refractivity contribution in [3.63, 3.8) is 0 Å². The van der Waals surface area contributed by atoms with E-state index in [1.807, 2.05) is 42.5 Å². The van der Waals surface area contributed by atoms with Gasteiger partial charge in [0.15, 0.2) is 0 Å². The average Bonchev–Trinajstić information content (AvgIpc) is 2.53. The van der Waals surface area contributed by atoms with E-state index in [1.165, 1.54) is 5.19 Å². The second-order valence-corrected chi connectivity index (χ2v) is 10.7. The fourth-order valence-electron chi connectivity index (χ4n) is 2.53. The highest BCUT2D eigenvalue weighted by atomic mass is 28.3. The van der Waals surface area contributed by atoms with Gasteiger partial charge in [-0.25, -0.2) is 0 Å². The smallest absolute Gasteiger partial charge is 0.173 e. The first-order valence-electron chi connectivity index (χ1n) is 7.26. The Morgan fingerprint density at radius 1 is 1.00 bits per heavy atom. The number of allylic oxidation sites excluding steroid dienone is 1. The Labute approximate surface area is 131 Å². The lowest BCUT2D eigenvalue weighted by Gasteiger charge is -2.24. The lowest BCUT2D eigenvalue weighted by atomic mass is 10.1. The summed E-state index contributed by atoms with van der Waals surface area (Å²) >= 11 is 0. The van der Waals surface area contributed by atoms with E-state index < -0.39 is 14.2 Å². The summed E-state index contributed by atoms with van der Waals surface area (Å²) in [6.07, 6.45) is 0.129. The van der Waals surface area contributed by atoms with Crippen LogP contribution in [0.3, 0.4) is 0 Å². The molecule has 2 aromatic carbocycles. The van der Waals surface area contributed by atoms with Gasteiger partial charge in [0.05, 0.1) is 8.07 Å². The van der Waals surface area contributed by atoms with E-state index >= 15 is 0 Å². The predicted molar refractivity (Wildman–Crippen MR) is 94.0 cm³/mol. The summed E-state index contributed by atoms with van der Waals surface area (Å²) in [7, 11) is -1.97. The summed E-state index contributed by atoms with van der Waals surface area (Å²) in [6.45, 7) is 7.94. The Kier molecular flexibility index (Phi) is 5.09. The normalized spacial score (nSPS) is 11.1.